The summed E-state index contributed by atoms with van der Waals surface area (Å²) in [5, 5.41) is 8.77. The molecule has 0 fully saturated rings. The first kappa shape index (κ1) is 32.3. The Kier molecular flexibility index (Phi) is 7.13. The van der Waals surface area contributed by atoms with E-state index in [4.69, 9.17) is 19.4 Å². The number of fused-ring (bicyclic) bond motifs is 8. The van der Waals surface area contributed by atoms with Crippen molar-refractivity contribution in [3.05, 3.63) is 188 Å². The Bertz CT molecular complexity index is 3530. The van der Waals surface area contributed by atoms with Gasteiger partial charge in [0.25, 0.3) is 0 Å². The second-order valence-corrected chi connectivity index (χ2v) is 14.6. The van der Waals surface area contributed by atoms with Crippen LogP contribution < -0.4 is 0 Å². The van der Waals surface area contributed by atoms with Gasteiger partial charge in [-0.1, -0.05) is 127 Å². The summed E-state index contributed by atoms with van der Waals surface area (Å²) in [6.07, 6.45) is 3.55. The lowest BCUT2D eigenvalue weighted by molar-refractivity contribution is 0.667. The molecule has 6 nitrogen and oxygen atoms in total. The van der Waals surface area contributed by atoms with E-state index in [1.165, 1.54) is 21.9 Å². The van der Waals surface area contributed by atoms with Crippen LogP contribution in [0, 0.1) is 0 Å². The number of aromatic nitrogens is 5. The second-order valence-electron chi connectivity index (χ2n) is 14.6. The second kappa shape index (κ2) is 12.8. The maximum Gasteiger partial charge on any atom is 0.164 e. The van der Waals surface area contributed by atoms with Gasteiger partial charge in [-0.05, 0) is 75.8 Å². The summed E-state index contributed by atoms with van der Waals surface area (Å²) in [5.41, 5.74) is 9.96. The zero-order chi connectivity index (χ0) is 38.2. The fourth-order valence-electron chi connectivity index (χ4n) is 8.66. The van der Waals surface area contributed by atoms with Crippen molar-refractivity contribution in [1.82, 2.24) is 24.5 Å². The van der Waals surface area contributed by atoms with Gasteiger partial charge >= 0.3 is 0 Å². The molecule has 4 heterocycles. The van der Waals surface area contributed by atoms with Crippen molar-refractivity contribution in [2.75, 3.05) is 0 Å². The summed E-state index contributed by atoms with van der Waals surface area (Å²) < 4.78 is 8.64. The van der Waals surface area contributed by atoms with Gasteiger partial charge in [-0.25, -0.2) is 15.0 Å². The van der Waals surface area contributed by atoms with Gasteiger partial charge < -0.3 is 8.98 Å². The minimum atomic E-state index is 0.570. The average molecular weight is 742 g/mol. The minimum Gasteiger partial charge on any atom is -0.454 e. The molecule has 0 unspecified atom stereocenters. The van der Waals surface area contributed by atoms with E-state index in [0.29, 0.717) is 17.5 Å². The maximum absolute atomic E-state index is 6.27. The quantitative estimate of drug-likeness (QED) is 0.176. The summed E-state index contributed by atoms with van der Waals surface area (Å²) in [5.74, 6) is 1.76. The number of pyridine rings is 1. The van der Waals surface area contributed by atoms with Gasteiger partial charge in [-0.15, -0.1) is 0 Å². The van der Waals surface area contributed by atoms with Crippen LogP contribution in [0.1, 0.15) is 0 Å². The highest BCUT2D eigenvalue weighted by Crippen LogP contribution is 2.40. The standard InChI is InChI=1S/C52H31N5O/c1-2-11-32(12-3-1)33-21-22-35-30-36(24-23-34(35)29-33)50-54-51(56-52(55-50)43-17-10-20-47-49(43)42-27-28-53-31-48(42)58-47)41-25-26-46(38-14-5-4-13-37(38)41)57-44-18-8-6-15-39(44)40-16-7-9-19-45(40)57/h1-31H. The molecular formula is C52H31N5O. The first-order valence-corrected chi connectivity index (χ1v) is 19.4. The molecule has 6 heteroatoms. The Labute approximate surface area is 332 Å². The molecule has 0 aliphatic carbocycles. The smallest absolute Gasteiger partial charge is 0.164 e. The Morgan fingerprint density at radius 2 is 1.03 bits per heavy atom. The molecule has 0 aliphatic rings. The van der Waals surface area contributed by atoms with Crippen LogP contribution in [0.2, 0.25) is 0 Å². The molecule has 0 atom stereocenters. The molecule has 270 valence electrons. The molecule has 12 rings (SSSR count). The number of para-hydroxylation sites is 2. The third kappa shape index (κ3) is 5.05. The van der Waals surface area contributed by atoms with E-state index in [1.54, 1.807) is 12.4 Å². The summed E-state index contributed by atoms with van der Waals surface area (Å²) in [6.45, 7) is 0. The molecule has 4 aromatic heterocycles. The fraction of sp³-hybridized carbons (Fsp3) is 0. The predicted molar refractivity (Wildman–Crippen MR) is 236 cm³/mol. The molecule has 0 amide bonds. The summed E-state index contributed by atoms with van der Waals surface area (Å²) in [4.78, 5) is 20.1. The van der Waals surface area contributed by atoms with Gasteiger partial charge in [0.2, 0.25) is 0 Å². The first-order valence-electron chi connectivity index (χ1n) is 19.4. The van der Waals surface area contributed by atoms with Gasteiger partial charge in [-0.3, -0.25) is 4.98 Å². The maximum atomic E-state index is 6.27. The molecule has 0 bridgehead atoms. The van der Waals surface area contributed by atoms with E-state index in [-0.39, 0.29) is 0 Å². The van der Waals surface area contributed by atoms with E-state index in [1.807, 2.05) is 24.3 Å². The van der Waals surface area contributed by atoms with E-state index in [9.17, 15) is 0 Å². The van der Waals surface area contributed by atoms with E-state index in [0.717, 1.165) is 76.9 Å². The highest BCUT2D eigenvalue weighted by atomic mass is 16.3. The van der Waals surface area contributed by atoms with Crippen molar-refractivity contribution >= 4 is 65.3 Å². The molecule has 58 heavy (non-hydrogen) atoms. The number of hydrogen-bond acceptors (Lipinski definition) is 5. The van der Waals surface area contributed by atoms with Crippen molar-refractivity contribution < 1.29 is 4.42 Å². The zero-order valence-electron chi connectivity index (χ0n) is 31.0. The Morgan fingerprint density at radius 3 is 1.81 bits per heavy atom. The zero-order valence-corrected chi connectivity index (χ0v) is 31.0. The predicted octanol–water partition coefficient (Wildman–Crippen LogP) is 13.2. The highest BCUT2D eigenvalue weighted by Gasteiger charge is 2.21. The largest absolute Gasteiger partial charge is 0.454 e. The van der Waals surface area contributed by atoms with Crippen LogP contribution in [0.15, 0.2) is 193 Å². The van der Waals surface area contributed by atoms with Gasteiger partial charge in [0.15, 0.2) is 23.1 Å². The molecule has 0 saturated carbocycles. The number of furan rings is 1. The molecule has 12 aromatic rings. The van der Waals surface area contributed by atoms with E-state index < -0.39 is 0 Å². The summed E-state index contributed by atoms with van der Waals surface area (Å²) >= 11 is 0. The SMILES string of the molecule is c1ccc(-c2ccc3cc(-c4nc(-c5ccc(-n6c7ccccc7c7ccccc76)c6ccccc56)nc(-c5cccc6oc7cnccc7c56)n4)ccc3c2)cc1. The Hall–Kier alpha value is -7.96. The number of benzene rings is 8. The third-order valence-electron chi connectivity index (χ3n) is 11.3. The van der Waals surface area contributed by atoms with Gasteiger partial charge in [0.05, 0.1) is 22.9 Å². The number of nitrogens with zero attached hydrogens (tertiary/aromatic N) is 5. The lowest BCUT2D eigenvalue weighted by Crippen LogP contribution is -2.02. The minimum absolute atomic E-state index is 0.570. The van der Waals surface area contributed by atoms with Crippen molar-refractivity contribution in [2.24, 2.45) is 0 Å². The normalized spacial score (nSPS) is 11.8. The fourth-order valence-corrected chi connectivity index (χ4v) is 8.66. The monoisotopic (exact) mass is 741 g/mol. The van der Waals surface area contributed by atoms with Crippen LogP contribution >= 0.6 is 0 Å². The number of rotatable bonds is 5. The van der Waals surface area contributed by atoms with Gasteiger partial charge in [-0.2, -0.15) is 0 Å². The lowest BCUT2D eigenvalue weighted by Gasteiger charge is -2.15. The molecule has 0 N–H and O–H groups in total. The van der Waals surface area contributed by atoms with Crippen molar-refractivity contribution in [2.45, 2.75) is 0 Å². The van der Waals surface area contributed by atoms with E-state index >= 15 is 0 Å². The van der Waals surface area contributed by atoms with Crippen LogP contribution in [0.25, 0.3) is 116 Å². The molecule has 0 radical (unpaired) electrons. The van der Waals surface area contributed by atoms with Crippen LogP contribution in [-0.4, -0.2) is 24.5 Å². The molecular weight excluding hydrogens is 711 g/mol. The van der Waals surface area contributed by atoms with Crippen LogP contribution in [0.4, 0.5) is 0 Å². The molecule has 0 saturated heterocycles. The Balaban J connectivity index is 1.09. The van der Waals surface area contributed by atoms with Crippen molar-refractivity contribution in [3.8, 4) is 51.0 Å². The molecule has 8 aromatic carbocycles. The van der Waals surface area contributed by atoms with Crippen LogP contribution in [0.5, 0.6) is 0 Å². The van der Waals surface area contributed by atoms with Crippen molar-refractivity contribution in [1.29, 1.82) is 0 Å². The van der Waals surface area contributed by atoms with Gasteiger partial charge in [0, 0.05) is 49.8 Å². The topological polar surface area (TPSA) is 69.6 Å². The first-order chi connectivity index (χ1) is 28.7. The van der Waals surface area contributed by atoms with Crippen LogP contribution in [-0.2, 0) is 0 Å². The lowest BCUT2D eigenvalue weighted by atomic mass is 9.99. The van der Waals surface area contributed by atoms with Crippen molar-refractivity contribution in [3.63, 3.8) is 0 Å². The Morgan fingerprint density at radius 1 is 0.397 bits per heavy atom. The highest BCUT2D eigenvalue weighted by molar-refractivity contribution is 6.13. The summed E-state index contributed by atoms with van der Waals surface area (Å²) in [6, 6.07) is 61.7. The molecule has 0 spiro atoms. The van der Waals surface area contributed by atoms with Crippen LogP contribution in [0.3, 0.4) is 0 Å². The van der Waals surface area contributed by atoms with E-state index in [2.05, 4.69) is 161 Å². The average Bonchev–Trinajstić information content (AvgIpc) is 3.84. The van der Waals surface area contributed by atoms with Gasteiger partial charge in [0.1, 0.15) is 5.58 Å². The number of hydrogen-bond donors (Lipinski definition) is 0. The third-order valence-corrected chi connectivity index (χ3v) is 11.3. The summed E-state index contributed by atoms with van der Waals surface area (Å²) in [7, 11) is 0. The molecule has 0 aliphatic heterocycles.